The highest BCUT2D eigenvalue weighted by molar-refractivity contribution is 9.10. The van der Waals surface area contributed by atoms with Gasteiger partial charge in [-0.05, 0) is 77.5 Å². The van der Waals surface area contributed by atoms with Gasteiger partial charge in [-0.25, -0.2) is 4.79 Å². The number of phenolic OH excluding ortho intramolecular Hbond substituents is 1. The van der Waals surface area contributed by atoms with E-state index in [0.717, 1.165) is 11.3 Å². The van der Waals surface area contributed by atoms with Crippen molar-refractivity contribution in [3.63, 3.8) is 0 Å². The average molecular weight is 547 g/mol. The summed E-state index contributed by atoms with van der Waals surface area (Å²) in [5, 5.41) is 14.4. The van der Waals surface area contributed by atoms with Crippen molar-refractivity contribution >= 4 is 39.3 Å². The molecule has 2 aromatic rings. The van der Waals surface area contributed by atoms with Crippen molar-refractivity contribution in [2.45, 2.75) is 38.5 Å². The molecule has 0 aromatic heterocycles. The van der Waals surface area contributed by atoms with Crippen LogP contribution in [-0.2, 0) is 14.3 Å². The molecule has 0 fully saturated rings. The van der Waals surface area contributed by atoms with Gasteiger partial charge in [-0.3, -0.25) is 4.79 Å². The first-order valence-corrected chi connectivity index (χ1v) is 12.1. The molecular weight excluding hydrogens is 522 g/mol. The third kappa shape index (κ3) is 4.46. The van der Waals surface area contributed by atoms with Crippen LogP contribution in [0.5, 0.6) is 11.5 Å². The Morgan fingerprint density at radius 1 is 1.21 bits per heavy atom. The molecule has 2 N–H and O–H groups in total. The largest absolute Gasteiger partial charge is 0.503 e. The van der Waals surface area contributed by atoms with Gasteiger partial charge in [-0.15, -0.1) is 0 Å². The van der Waals surface area contributed by atoms with Crippen LogP contribution in [0.25, 0.3) is 0 Å². The number of aromatic hydroxyl groups is 1. The molecule has 0 radical (unpaired) electrons. The first-order valence-electron chi connectivity index (χ1n) is 11.0. The lowest BCUT2D eigenvalue weighted by Gasteiger charge is -2.36. The van der Waals surface area contributed by atoms with Crippen LogP contribution >= 0.6 is 27.5 Å². The van der Waals surface area contributed by atoms with Gasteiger partial charge >= 0.3 is 5.97 Å². The molecule has 0 bridgehead atoms. The minimum Gasteiger partial charge on any atom is -0.503 e. The number of esters is 1. The van der Waals surface area contributed by atoms with Crippen molar-refractivity contribution in [1.29, 1.82) is 0 Å². The molecule has 2 aromatic carbocycles. The molecule has 0 unspecified atom stereocenters. The number of methoxy groups -OCH3 is 1. The zero-order valence-electron chi connectivity index (χ0n) is 19.1. The molecule has 0 amide bonds. The van der Waals surface area contributed by atoms with Gasteiger partial charge < -0.3 is 19.9 Å². The Balaban J connectivity index is 1.85. The predicted molar refractivity (Wildman–Crippen MR) is 133 cm³/mol. The van der Waals surface area contributed by atoms with Crippen LogP contribution in [-0.4, -0.2) is 30.6 Å². The van der Waals surface area contributed by atoms with Gasteiger partial charge in [0.1, 0.15) is 0 Å². The number of hydrogen-bond donors (Lipinski definition) is 2. The number of dihydropyridines is 1. The molecular formula is C26H25BrClNO5. The fourth-order valence-corrected chi connectivity index (χ4v) is 5.34. The van der Waals surface area contributed by atoms with Crippen LogP contribution < -0.4 is 10.1 Å². The first-order chi connectivity index (χ1) is 16.2. The van der Waals surface area contributed by atoms with Crippen LogP contribution in [0, 0.1) is 0 Å². The Morgan fingerprint density at radius 3 is 2.56 bits per heavy atom. The van der Waals surface area contributed by atoms with E-state index in [1.807, 2.05) is 31.2 Å². The molecule has 1 heterocycles. The normalized spacial score (nSPS) is 20.1. The summed E-state index contributed by atoms with van der Waals surface area (Å²) in [5.41, 5.74) is 4.00. The van der Waals surface area contributed by atoms with E-state index in [0.29, 0.717) is 51.4 Å². The fraction of sp³-hybridized carbons (Fsp3) is 0.308. The smallest absolute Gasteiger partial charge is 0.336 e. The number of Topliss-reactive ketones (excluding diaryl/α,β-unsaturated/α-hetero) is 1. The number of rotatable bonds is 5. The van der Waals surface area contributed by atoms with Crippen LogP contribution in [0.4, 0.5) is 0 Å². The average Bonchev–Trinajstić information content (AvgIpc) is 2.81. The van der Waals surface area contributed by atoms with Crippen molar-refractivity contribution in [2.24, 2.45) is 0 Å². The third-order valence-electron chi connectivity index (χ3n) is 6.26. The summed E-state index contributed by atoms with van der Waals surface area (Å²) >= 11 is 9.43. The van der Waals surface area contributed by atoms with E-state index in [9.17, 15) is 14.7 Å². The van der Waals surface area contributed by atoms with Gasteiger partial charge in [0.25, 0.3) is 0 Å². The number of nitrogens with one attached hydrogen (secondary N) is 1. The summed E-state index contributed by atoms with van der Waals surface area (Å²) in [6.45, 7) is 3.97. The monoisotopic (exact) mass is 545 g/mol. The summed E-state index contributed by atoms with van der Waals surface area (Å²) in [4.78, 5) is 26.5. The SMILES string of the molecule is CCOc1cc([C@H]2C(C(=O)OC)=C(C)NC3=C2C(=O)C[C@H](c2ccc(Cl)cc2)C3)cc(Br)c1O. The van der Waals surface area contributed by atoms with Gasteiger partial charge in [0.15, 0.2) is 17.3 Å². The second kappa shape index (κ2) is 9.84. The van der Waals surface area contributed by atoms with E-state index < -0.39 is 11.9 Å². The lowest BCUT2D eigenvalue weighted by molar-refractivity contribution is -0.136. The number of allylic oxidation sites excluding steroid dienone is 3. The lowest BCUT2D eigenvalue weighted by atomic mass is 9.71. The summed E-state index contributed by atoms with van der Waals surface area (Å²) in [7, 11) is 1.32. The van der Waals surface area contributed by atoms with Gasteiger partial charge in [-0.1, -0.05) is 23.7 Å². The standard InChI is InChI=1S/C26H25BrClNO5/c1-4-34-21-12-16(9-18(27)25(21)31)23-22(26(32)33-3)13(2)29-19-10-15(11-20(30)24(19)23)14-5-7-17(28)8-6-14/h5-9,12,15,23,29,31H,4,10-11H2,1-3H3/t15-,23+/m1/s1. The molecule has 34 heavy (non-hydrogen) atoms. The molecule has 6 nitrogen and oxygen atoms in total. The Bertz CT molecular complexity index is 1220. The first kappa shape index (κ1) is 24.4. The topological polar surface area (TPSA) is 84.9 Å². The molecule has 0 saturated heterocycles. The number of ketones is 1. The third-order valence-corrected chi connectivity index (χ3v) is 7.11. The highest BCUT2D eigenvalue weighted by Crippen LogP contribution is 2.48. The fourth-order valence-electron chi connectivity index (χ4n) is 4.75. The van der Waals surface area contributed by atoms with Crippen LogP contribution in [0.1, 0.15) is 49.7 Å². The van der Waals surface area contributed by atoms with Crippen LogP contribution in [0.2, 0.25) is 5.02 Å². The highest BCUT2D eigenvalue weighted by atomic mass is 79.9. The molecule has 178 valence electrons. The Labute approximate surface area is 211 Å². The van der Waals surface area contributed by atoms with Gasteiger partial charge in [-0.2, -0.15) is 0 Å². The van der Waals surface area contributed by atoms with Crippen molar-refractivity contribution in [1.82, 2.24) is 5.32 Å². The van der Waals surface area contributed by atoms with Crippen LogP contribution in [0.3, 0.4) is 0 Å². The maximum atomic E-state index is 13.6. The summed E-state index contributed by atoms with van der Waals surface area (Å²) in [6, 6.07) is 10.9. The van der Waals surface area contributed by atoms with E-state index in [2.05, 4.69) is 21.2 Å². The van der Waals surface area contributed by atoms with Crippen molar-refractivity contribution in [3.05, 3.63) is 79.6 Å². The van der Waals surface area contributed by atoms with Gasteiger partial charge in [0.05, 0.1) is 23.8 Å². The maximum Gasteiger partial charge on any atom is 0.336 e. The molecule has 2 atom stereocenters. The number of halogens is 2. The van der Waals surface area contributed by atoms with Crippen molar-refractivity contribution in [3.8, 4) is 11.5 Å². The highest BCUT2D eigenvalue weighted by Gasteiger charge is 2.41. The van der Waals surface area contributed by atoms with Crippen molar-refractivity contribution < 1.29 is 24.2 Å². The second-order valence-electron chi connectivity index (χ2n) is 8.34. The summed E-state index contributed by atoms with van der Waals surface area (Å²) < 4.78 is 11.1. The number of ether oxygens (including phenoxy) is 2. The predicted octanol–water partition coefficient (Wildman–Crippen LogP) is 5.74. The molecule has 0 saturated carbocycles. The molecule has 0 spiro atoms. The van der Waals surface area contributed by atoms with Crippen LogP contribution in [0.15, 0.2) is 63.4 Å². The van der Waals surface area contributed by atoms with E-state index in [1.165, 1.54) is 7.11 Å². The Hall–Kier alpha value is -2.77. The molecule has 2 aliphatic rings. The lowest BCUT2D eigenvalue weighted by Crippen LogP contribution is -2.36. The molecule has 8 heteroatoms. The maximum absolute atomic E-state index is 13.6. The zero-order valence-corrected chi connectivity index (χ0v) is 21.4. The number of benzene rings is 2. The minimum atomic E-state index is -0.654. The Kier molecular flexibility index (Phi) is 7.05. The number of hydrogen-bond acceptors (Lipinski definition) is 6. The summed E-state index contributed by atoms with van der Waals surface area (Å²) in [5.74, 6) is -0.984. The number of phenols is 1. The minimum absolute atomic E-state index is 0.00492. The van der Waals surface area contributed by atoms with E-state index in [4.69, 9.17) is 21.1 Å². The van der Waals surface area contributed by atoms with Gasteiger partial charge in [0.2, 0.25) is 0 Å². The quantitative estimate of drug-likeness (QED) is 0.465. The zero-order chi connectivity index (χ0) is 24.6. The van der Waals surface area contributed by atoms with Gasteiger partial charge in [0, 0.05) is 34.3 Å². The van der Waals surface area contributed by atoms with E-state index in [-0.39, 0.29) is 23.2 Å². The van der Waals surface area contributed by atoms with E-state index in [1.54, 1.807) is 19.1 Å². The summed E-state index contributed by atoms with van der Waals surface area (Å²) in [6.07, 6.45) is 0.923. The second-order valence-corrected chi connectivity index (χ2v) is 9.63. The molecule has 1 aliphatic carbocycles. The van der Waals surface area contributed by atoms with Crippen molar-refractivity contribution in [2.75, 3.05) is 13.7 Å². The Morgan fingerprint density at radius 2 is 1.91 bits per heavy atom. The number of carbonyl (C=O) groups is 2. The molecule has 1 aliphatic heterocycles. The number of carbonyl (C=O) groups excluding carboxylic acids is 2. The van der Waals surface area contributed by atoms with E-state index >= 15 is 0 Å². The molecule has 4 rings (SSSR count).